The second-order valence-electron chi connectivity index (χ2n) is 8.54. The third-order valence-electron chi connectivity index (χ3n) is 6.12. The molecule has 7 nitrogen and oxygen atoms in total. The minimum Gasteiger partial charge on any atom is -0.348 e. The zero-order chi connectivity index (χ0) is 23.5. The van der Waals surface area contributed by atoms with Gasteiger partial charge in [-0.15, -0.1) is 0 Å². The lowest BCUT2D eigenvalue weighted by molar-refractivity contribution is 0.0951. The third-order valence-corrected chi connectivity index (χ3v) is 6.12. The van der Waals surface area contributed by atoms with Gasteiger partial charge >= 0.3 is 6.03 Å². The van der Waals surface area contributed by atoms with Gasteiger partial charge in [0.05, 0.1) is 11.0 Å². The van der Waals surface area contributed by atoms with Gasteiger partial charge < -0.3 is 15.5 Å². The van der Waals surface area contributed by atoms with Crippen LogP contribution in [0.4, 0.5) is 10.5 Å². The minimum atomic E-state index is -0.166. The van der Waals surface area contributed by atoms with Crippen molar-refractivity contribution in [1.82, 2.24) is 19.8 Å². The summed E-state index contributed by atoms with van der Waals surface area (Å²) < 4.78 is 2.08. The number of nitrogens with zero attached hydrogens (tertiary/aromatic N) is 3. The van der Waals surface area contributed by atoms with Crippen LogP contribution in [0.5, 0.6) is 0 Å². The number of benzene rings is 3. The quantitative estimate of drug-likeness (QED) is 0.452. The van der Waals surface area contributed by atoms with Crippen LogP contribution >= 0.6 is 0 Å². The van der Waals surface area contributed by atoms with Crippen molar-refractivity contribution in [1.29, 1.82) is 0 Å². The standard InChI is InChI=1S/C27H27N5O2/c1-19-29-24-17-21(12-13-25(24)32(19)23-10-3-2-4-11-23)26(33)28-18-20-8-7-9-22(16-20)30-27(34)31-14-5-6-15-31/h2-4,7-13,16-17H,5-6,14-15,18H2,1H3,(H,28,33)(H,30,34). The molecule has 0 aliphatic carbocycles. The van der Waals surface area contributed by atoms with Gasteiger partial charge in [0.15, 0.2) is 0 Å². The van der Waals surface area contributed by atoms with E-state index in [1.807, 2.05) is 84.6 Å². The van der Waals surface area contributed by atoms with Crippen LogP contribution in [0, 0.1) is 6.92 Å². The van der Waals surface area contributed by atoms with E-state index < -0.39 is 0 Å². The van der Waals surface area contributed by atoms with Crippen molar-refractivity contribution in [2.45, 2.75) is 26.3 Å². The Morgan fingerprint density at radius 2 is 1.74 bits per heavy atom. The number of fused-ring (bicyclic) bond motifs is 1. The Bertz CT molecular complexity index is 1340. The molecule has 0 radical (unpaired) electrons. The Morgan fingerprint density at radius 3 is 2.53 bits per heavy atom. The summed E-state index contributed by atoms with van der Waals surface area (Å²) in [7, 11) is 0. The number of amides is 3. The van der Waals surface area contributed by atoms with Gasteiger partial charge in [-0.2, -0.15) is 0 Å². The van der Waals surface area contributed by atoms with Gasteiger partial charge in [0.1, 0.15) is 5.82 Å². The summed E-state index contributed by atoms with van der Waals surface area (Å²) in [4.78, 5) is 31.7. The lowest BCUT2D eigenvalue weighted by Crippen LogP contribution is -2.32. The Hall–Kier alpha value is -4.13. The average Bonchev–Trinajstić information content (AvgIpc) is 3.50. The largest absolute Gasteiger partial charge is 0.348 e. The first-order valence-electron chi connectivity index (χ1n) is 11.6. The number of nitrogens with one attached hydrogen (secondary N) is 2. The number of aromatic nitrogens is 2. The smallest absolute Gasteiger partial charge is 0.321 e. The molecule has 2 heterocycles. The normalized spacial score (nSPS) is 13.3. The second kappa shape index (κ2) is 9.39. The zero-order valence-electron chi connectivity index (χ0n) is 19.1. The molecule has 3 amide bonds. The van der Waals surface area contributed by atoms with Crippen molar-refractivity contribution in [2.75, 3.05) is 18.4 Å². The molecular formula is C27H27N5O2. The predicted octanol–water partition coefficient (Wildman–Crippen LogP) is 4.89. The van der Waals surface area contributed by atoms with E-state index >= 15 is 0 Å². The maximum absolute atomic E-state index is 12.8. The van der Waals surface area contributed by atoms with Crippen LogP contribution in [0.25, 0.3) is 16.7 Å². The van der Waals surface area contributed by atoms with E-state index in [0.29, 0.717) is 12.1 Å². The summed E-state index contributed by atoms with van der Waals surface area (Å²) >= 11 is 0. The zero-order valence-corrected chi connectivity index (χ0v) is 19.1. The number of para-hydroxylation sites is 1. The van der Waals surface area contributed by atoms with E-state index in [2.05, 4.69) is 20.2 Å². The molecule has 34 heavy (non-hydrogen) atoms. The van der Waals surface area contributed by atoms with Gasteiger partial charge in [-0.25, -0.2) is 9.78 Å². The summed E-state index contributed by atoms with van der Waals surface area (Å²) in [6.45, 7) is 3.92. The highest BCUT2D eigenvalue weighted by atomic mass is 16.2. The number of aryl methyl sites for hydroxylation is 1. The Labute approximate surface area is 198 Å². The summed E-state index contributed by atoms with van der Waals surface area (Å²) in [5.41, 5.74) is 4.98. The second-order valence-corrected chi connectivity index (χ2v) is 8.54. The fraction of sp³-hybridized carbons (Fsp3) is 0.222. The molecule has 3 aromatic carbocycles. The number of likely N-dealkylation sites (tertiary alicyclic amines) is 1. The van der Waals surface area contributed by atoms with Gasteiger partial charge in [0.25, 0.3) is 5.91 Å². The number of imidazole rings is 1. The van der Waals surface area contributed by atoms with Crippen LogP contribution in [0.15, 0.2) is 72.8 Å². The van der Waals surface area contributed by atoms with E-state index in [0.717, 1.165) is 59.7 Å². The fourth-order valence-corrected chi connectivity index (χ4v) is 4.41. The predicted molar refractivity (Wildman–Crippen MR) is 133 cm³/mol. The number of carbonyl (C=O) groups excluding carboxylic acids is 2. The van der Waals surface area contributed by atoms with Crippen molar-refractivity contribution >= 4 is 28.7 Å². The minimum absolute atomic E-state index is 0.0720. The summed E-state index contributed by atoms with van der Waals surface area (Å²) in [5.74, 6) is 0.701. The lowest BCUT2D eigenvalue weighted by atomic mass is 10.1. The van der Waals surface area contributed by atoms with Crippen LogP contribution in [-0.2, 0) is 6.54 Å². The molecule has 0 saturated carbocycles. The molecule has 4 aromatic rings. The van der Waals surface area contributed by atoms with Crippen LogP contribution in [0.1, 0.15) is 34.6 Å². The van der Waals surface area contributed by atoms with Gasteiger partial charge in [0, 0.05) is 36.6 Å². The Balaban J connectivity index is 1.27. The number of anilines is 1. The summed E-state index contributed by atoms with van der Waals surface area (Å²) in [6.07, 6.45) is 2.11. The molecule has 0 bridgehead atoms. The molecule has 2 N–H and O–H groups in total. The molecule has 0 atom stereocenters. The van der Waals surface area contributed by atoms with Crippen molar-refractivity contribution in [3.05, 3.63) is 89.7 Å². The van der Waals surface area contributed by atoms with Gasteiger partial charge in [-0.05, 0) is 67.8 Å². The van der Waals surface area contributed by atoms with Crippen molar-refractivity contribution in [3.8, 4) is 5.69 Å². The first kappa shape index (κ1) is 21.7. The van der Waals surface area contributed by atoms with E-state index in [4.69, 9.17) is 0 Å². The molecule has 172 valence electrons. The molecule has 1 saturated heterocycles. The van der Waals surface area contributed by atoms with Gasteiger partial charge in [-0.3, -0.25) is 9.36 Å². The maximum atomic E-state index is 12.8. The van der Waals surface area contributed by atoms with Crippen LogP contribution < -0.4 is 10.6 Å². The number of rotatable bonds is 5. The number of urea groups is 1. The fourth-order valence-electron chi connectivity index (χ4n) is 4.41. The van der Waals surface area contributed by atoms with Crippen LogP contribution in [0.2, 0.25) is 0 Å². The highest BCUT2D eigenvalue weighted by Gasteiger charge is 2.18. The molecule has 0 spiro atoms. The highest BCUT2D eigenvalue weighted by Crippen LogP contribution is 2.22. The van der Waals surface area contributed by atoms with Crippen molar-refractivity contribution < 1.29 is 9.59 Å². The molecule has 1 aliphatic rings. The summed E-state index contributed by atoms with van der Waals surface area (Å²) in [6, 6.07) is 23.1. The molecular weight excluding hydrogens is 426 g/mol. The molecule has 5 rings (SSSR count). The first-order valence-corrected chi connectivity index (χ1v) is 11.6. The van der Waals surface area contributed by atoms with Gasteiger partial charge in [0.2, 0.25) is 0 Å². The van der Waals surface area contributed by atoms with E-state index in [1.165, 1.54) is 0 Å². The van der Waals surface area contributed by atoms with Crippen molar-refractivity contribution in [2.24, 2.45) is 0 Å². The van der Waals surface area contributed by atoms with E-state index in [-0.39, 0.29) is 11.9 Å². The molecule has 1 aromatic heterocycles. The number of carbonyl (C=O) groups is 2. The van der Waals surface area contributed by atoms with Crippen LogP contribution in [-0.4, -0.2) is 39.5 Å². The Kier molecular flexibility index (Phi) is 5.99. The van der Waals surface area contributed by atoms with E-state index in [9.17, 15) is 9.59 Å². The molecule has 1 fully saturated rings. The molecule has 1 aliphatic heterocycles. The molecule has 0 unspecified atom stereocenters. The number of hydrogen-bond donors (Lipinski definition) is 2. The number of hydrogen-bond acceptors (Lipinski definition) is 3. The maximum Gasteiger partial charge on any atom is 0.321 e. The molecule has 7 heteroatoms. The topological polar surface area (TPSA) is 79.3 Å². The van der Waals surface area contributed by atoms with Crippen LogP contribution in [0.3, 0.4) is 0 Å². The van der Waals surface area contributed by atoms with Crippen molar-refractivity contribution in [3.63, 3.8) is 0 Å². The third kappa shape index (κ3) is 4.50. The average molecular weight is 454 g/mol. The Morgan fingerprint density at radius 1 is 0.941 bits per heavy atom. The highest BCUT2D eigenvalue weighted by molar-refractivity contribution is 5.97. The van der Waals surface area contributed by atoms with E-state index in [1.54, 1.807) is 0 Å². The SMILES string of the molecule is Cc1nc2cc(C(=O)NCc3cccc(NC(=O)N4CCCC4)c3)ccc2n1-c1ccccc1. The van der Waals surface area contributed by atoms with Gasteiger partial charge in [-0.1, -0.05) is 30.3 Å². The monoisotopic (exact) mass is 453 g/mol. The lowest BCUT2D eigenvalue weighted by Gasteiger charge is -2.16. The summed E-state index contributed by atoms with van der Waals surface area (Å²) in [5, 5.41) is 5.92. The first-order chi connectivity index (χ1) is 16.6.